The maximum absolute atomic E-state index is 13.5. The molecule has 3 N–H and O–H groups in total. The normalized spacial score (nSPS) is 19.5. The van der Waals surface area contributed by atoms with Crippen molar-refractivity contribution in [2.75, 3.05) is 22.6 Å². The summed E-state index contributed by atoms with van der Waals surface area (Å²) in [7, 11) is 0. The van der Waals surface area contributed by atoms with E-state index in [2.05, 4.69) is 10.3 Å². The van der Waals surface area contributed by atoms with Crippen molar-refractivity contribution in [3.63, 3.8) is 0 Å². The third-order valence-corrected chi connectivity index (χ3v) is 5.97. The topological polar surface area (TPSA) is 102 Å². The van der Waals surface area contributed by atoms with Crippen molar-refractivity contribution in [1.82, 2.24) is 9.55 Å². The zero-order valence-corrected chi connectivity index (χ0v) is 17.0. The van der Waals surface area contributed by atoms with Gasteiger partial charge in [0.2, 0.25) is 5.91 Å². The molecule has 160 valence electrons. The highest BCUT2D eigenvalue weighted by molar-refractivity contribution is 8.14. The molecule has 11 heteroatoms. The fraction of sp³-hybridized carbons (Fsp3) is 0.421. The summed E-state index contributed by atoms with van der Waals surface area (Å²) < 4.78 is 34.7. The standard InChI is InChI=1S/C19H21F2N5O3S/c1-10(17(22)27)23-11-2-3-12-14(8-11)29-6-5-25-9-15(24-18(12)25)26-13(16(20)21)4-7-30-19(26)28/h2-3,8-10,13,16,23H,4-7H2,1H3,(H2,22,27)/t10-,13-/m0/s1. The fourth-order valence-electron chi connectivity index (χ4n) is 3.50. The van der Waals surface area contributed by atoms with Crippen LogP contribution in [0.4, 0.5) is 25.1 Å². The van der Waals surface area contributed by atoms with Crippen LogP contribution in [0.2, 0.25) is 0 Å². The third-order valence-electron chi connectivity index (χ3n) is 5.09. The summed E-state index contributed by atoms with van der Waals surface area (Å²) in [6.07, 6.45) is -0.815. The molecule has 0 radical (unpaired) electrons. The second-order valence-electron chi connectivity index (χ2n) is 7.12. The van der Waals surface area contributed by atoms with Crippen LogP contribution in [0.15, 0.2) is 24.4 Å². The number of anilines is 2. The number of carbonyl (C=O) groups is 2. The van der Waals surface area contributed by atoms with Crippen LogP contribution in [0, 0.1) is 0 Å². The highest BCUT2D eigenvalue weighted by Gasteiger charge is 2.38. The van der Waals surface area contributed by atoms with Crippen molar-refractivity contribution in [2.24, 2.45) is 5.73 Å². The monoisotopic (exact) mass is 437 g/mol. The average molecular weight is 437 g/mol. The van der Waals surface area contributed by atoms with Gasteiger partial charge in [0.1, 0.15) is 30.3 Å². The Morgan fingerprint density at radius 3 is 2.97 bits per heavy atom. The molecular weight excluding hydrogens is 416 g/mol. The number of hydrogen-bond donors (Lipinski definition) is 2. The molecule has 8 nitrogen and oxygen atoms in total. The van der Waals surface area contributed by atoms with Crippen LogP contribution in [-0.2, 0) is 11.3 Å². The van der Waals surface area contributed by atoms with Crippen LogP contribution in [0.3, 0.4) is 0 Å². The number of imidazole rings is 1. The largest absolute Gasteiger partial charge is 0.491 e. The van der Waals surface area contributed by atoms with E-state index in [1.165, 1.54) is 0 Å². The van der Waals surface area contributed by atoms with Gasteiger partial charge in [-0.25, -0.2) is 13.8 Å². The lowest BCUT2D eigenvalue weighted by Crippen LogP contribution is -2.46. The minimum atomic E-state index is -2.65. The zero-order valence-electron chi connectivity index (χ0n) is 16.2. The van der Waals surface area contributed by atoms with Gasteiger partial charge in [-0.3, -0.25) is 14.5 Å². The molecule has 1 fully saturated rings. The second-order valence-corrected chi connectivity index (χ2v) is 8.16. The Balaban J connectivity index is 1.69. The van der Waals surface area contributed by atoms with Gasteiger partial charge in [-0.2, -0.15) is 0 Å². The van der Waals surface area contributed by atoms with Gasteiger partial charge >= 0.3 is 0 Å². The summed E-state index contributed by atoms with van der Waals surface area (Å²) in [6.45, 7) is 2.44. The number of alkyl halides is 2. The number of carbonyl (C=O) groups excluding carboxylic acids is 2. The van der Waals surface area contributed by atoms with Crippen molar-refractivity contribution >= 4 is 34.4 Å². The lowest BCUT2D eigenvalue weighted by atomic mass is 10.1. The molecule has 2 amide bonds. The lowest BCUT2D eigenvalue weighted by molar-refractivity contribution is -0.118. The minimum absolute atomic E-state index is 0.211. The Bertz CT molecular complexity index is 983. The lowest BCUT2D eigenvalue weighted by Gasteiger charge is -2.32. The first-order valence-electron chi connectivity index (χ1n) is 9.49. The molecule has 2 aliphatic heterocycles. The third kappa shape index (κ3) is 3.81. The van der Waals surface area contributed by atoms with Crippen molar-refractivity contribution in [2.45, 2.75) is 38.4 Å². The number of halogens is 2. The molecule has 0 bridgehead atoms. The number of benzene rings is 1. The van der Waals surface area contributed by atoms with Crippen molar-refractivity contribution < 1.29 is 23.1 Å². The van der Waals surface area contributed by atoms with E-state index in [4.69, 9.17) is 10.5 Å². The van der Waals surface area contributed by atoms with E-state index < -0.39 is 29.7 Å². The van der Waals surface area contributed by atoms with Gasteiger partial charge in [0.25, 0.3) is 11.7 Å². The number of amides is 2. The van der Waals surface area contributed by atoms with Gasteiger partial charge in [0.05, 0.1) is 12.1 Å². The van der Waals surface area contributed by atoms with Gasteiger partial charge in [-0.1, -0.05) is 11.8 Å². The van der Waals surface area contributed by atoms with Crippen LogP contribution in [0.25, 0.3) is 11.4 Å². The maximum atomic E-state index is 13.5. The first-order chi connectivity index (χ1) is 14.3. The molecule has 3 heterocycles. The summed E-state index contributed by atoms with van der Waals surface area (Å²) in [4.78, 5) is 29.3. The number of nitrogens with two attached hydrogens (primary N) is 1. The van der Waals surface area contributed by atoms with E-state index in [9.17, 15) is 18.4 Å². The van der Waals surface area contributed by atoms with Gasteiger partial charge in [0, 0.05) is 23.7 Å². The molecule has 1 aromatic heterocycles. The number of nitrogens with one attached hydrogen (secondary N) is 1. The first kappa shape index (κ1) is 20.5. The summed E-state index contributed by atoms with van der Waals surface area (Å²) >= 11 is 1.02. The number of ether oxygens (including phenoxy) is 1. The van der Waals surface area contributed by atoms with E-state index in [0.29, 0.717) is 41.7 Å². The van der Waals surface area contributed by atoms with Gasteiger partial charge in [-0.05, 0) is 25.5 Å². The van der Waals surface area contributed by atoms with Crippen LogP contribution in [0.5, 0.6) is 5.75 Å². The molecule has 4 rings (SSSR count). The minimum Gasteiger partial charge on any atom is -0.491 e. The van der Waals surface area contributed by atoms with Gasteiger partial charge in [0.15, 0.2) is 5.82 Å². The Kier molecular flexibility index (Phi) is 5.54. The smallest absolute Gasteiger partial charge is 0.287 e. The van der Waals surface area contributed by atoms with Crippen LogP contribution in [-0.4, -0.2) is 51.6 Å². The Morgan fingerprint density at radius 2 is 2.23 bits per heavy atom. The first-order valence-corrected chi connectivity index (χ1v) is 10.5. The SMILES string of the molecule is C[C@H](Nc1ccc2c(c1)OCCn1cc(N3C(=O)SCC[C@H]3C(F)F)nc1-2)C(N)=O. The van der Waals surface area contributed by atoms with Crippen molar-refractivity contribution in [3.8, 4) is 17.1 Å². The number of hydrogen-bond acceptors (Lipinski definition) is 6. The van der Waals surface area contributed by atoms with Crippen molar-refractivity contribution in [1.29, 1.82) is 0 Å². The molecule has 2 atom stereocenters. The Hall–Kier alpha value is -2.82. The van der Waals surface area contributed by atoms with Crippen LogP contribution < -0.4 is 20.7 Å². The number of fused-ring (bicyclic) bond motifs is 3. The van der Waals surface area contributed by atoms with Gasteiger partial charge in [-0.15, -0.1) is 0 Å². The number of primary amides is 1. The summed E-state index contributed by atoms with van der Waals surface area (Å²) in [5.74, 6) is 1.17. The Morgan fingerprint density at radius 1 is 1.43 bits per heavy atom. The highest BCUT2D eigenvalue weighted by Crippen LogP contribution is 2.38. The average Bonchev–Trinajstić information content (AvgIpc) is 3.03. The molecule has 0 aliphatic carbocycles. The number of aromatic nitrogens is 2. The van der Waals surface area contributed by atoms with E-state index in [1.54, 1.807) is 35.9 Å². The highest BCUT2D eigenvalue weighted by atomic mass is 32.2. The number of nitrogens with zero attached hydrogens (tertiary/aromatic N) is 3. The van der Waals surface area contributed by atoms with E-state index in [1.807, 2.05) is 0 Å². The van der Waals surface area contributed by atoms with Gasteiger partial charge < -0.3 is 20.4 Å². The maximum Gasteiger partial charge on any atom is 0.287 e. The molecule has 30 heavy (non-hydrogen) atoms. The molecule has 0 unspecified atom stereocenters. The molecule has 1 aromatic carbocycles. The summed E-state index contributed by atoms with van der Waals surface area (Å²) in [5.41, 5.74) is 6.62. The van der Waals surface area contributed by atoms with Crippen molar-refractivity contribution in [3.05, 3.63) is 24.4 Å². The molecule has 2 aromatic rings. The Labute approximate surface area is 175 Å². The number of thioether (sulfide) groups is 1. The summed E-state index contributed by atoms with van der Waals surface area (Å²) in [5, 5.41) is 2.58. The van der Waals surface area contributed by atoms with E-state index in [-0.39, 0.29) is 12.2 Å². The van der Waals surface area contributed by atoms with E-state index in [0.717, 1.165) is 16.7 Å². The fourth-order valence-corrected chi connectivity index (χ4v) is 4.40. The molecule has 2 aliphatic rings. The van der Waals surface area contributed by atoms with Crippen LogP contribution >= 0.6 is 11.8 Å². The quantitative estimate of drug-likeness (QED) is 0.746. The molecular formula is C19H21F2N5O3S. The van der Waals surface area contributed by atoms with E-state index >= 15 is 0 Å². The zero-order chi connectivity index (χ0) is 21.4. The predicted octanol–water partition coefficient (Wildman–Crippen LogP) is 2.93. The number of rotatable bonds is 5. The molecule has 0 saturated carbocycles. The van der Waals surface area contributed by atoms with Crippen LogP contribution in [0.1, 0.15) is 13.3 Å². The molecule has 1 saturated heterocycles. The summed E-state index contributed by atoms with van der Waals surface area (Å²) in [6, 6.07) is 3.53. The molecule has 0 spiro atoms. The predicted molar refractivity (Wildman–Crippen MR) is 110 cm³/mol. The second kappa shape index (κ2) is 8.13.